The molecular formula is C13H16FNO2. The highest BCUT2D eigenvalue weighted by Gasteiger charge is 2.25. The number of aromatic hydroxyl groups is 1. The maximum absolute atomic E-state index is 13.5. The minimum atomic E-state index is -0.667. The van der Waals surface area contributed by atoms with Crippen molar-refractivity contribution in [2.75, 3.05) is 7.05 Å². The van der Waals surface area contributed by atoms with Crippen molar-refractivity contribution in [3.05, 3.63) is 29.6 Å². The van der Waals surface area contributed by atoms with E-state index in [1.54, 1.807) is 11.9 Å². The van der Waals surface area contributed by atoms with Crippen molar-refractivity contribution < 1.29 is 14.3 Å². The van der Waals surface area contributed by atoms with Crippen LogP contribution in [0.3, 0.4) is 0 Å². The summed E-state index contributed by atoms with van der Waals surface area (Å²) >= 11 is 0. The summed E-state index contributed by atoms with van der Waals surface area (Å²) in [7, 11) is 1.71. The van der Waals surface area contributed by atoms with E-state index >= 15 is 0 Å². The summed E-state index contributed by atoms with van der Waals surface area (Å²) < 4.78 is 13.5. The second kappa shape index (κ2) is 4.73. The molecule has 1 aromatic rings. The summed E-state index contributed by atoms with van der Waals surface area (Å²) in [6, 6.07) is 3.85. The van der Waals surface area contributed by atoms with Crippen molar-refractivity contribution in [3.8, 4) is 5.75 Å². The maximum Gasteiger partial charge on any atom is 0.256 e. The highest BCUT2D eigenvalue weighted by atomic mass is 19.1. The van der Waals surface area contributed by atoms with Gasteiger partial charge in [0.2, 0.25) is 0 Å². The Balaban J connectivity index is 2.18. The quantitative estimate of drug-likeness (QED) is 0.858. The van der Waals surface area contributed by atoms with Crippen molar-refractivity contribution in [1.29, 1.82) is 0 Å². The van der Waals surface area contributed by atoms with Gasteiger partial charge in [0.1, 0.15) is 11.6 Å². The molecular weight excluding hydrogens is 221 g/mol. The molecule has 1 fully saturated rings. The summed E-state index contributed by atoms with van der Waals surface area (Å²) in [6.07, 6.45) is 4.23. The molecule has 0 atom stereocenters. The first-order chi connectivity index (χ1) is 8.09. The van der Waals surface area contributed by atoms with Crippen LogP contribution >= 0.6 is 0 Å². The molecule has 0 radical (unpaired) electrons. The molecule has 4 heteroatoms. The SMILES string of the molecule is CN(C(=O)c1ccc(O)cc1F)C1CCCC1. The molecule has 1 N–H and O–H groups in total. The van der Waals surface area contributed by atoms with Gasteiger partial charge in [-0.15, -0.1) is 0 Å². The van der Waals surface area contributed by atoms with Crippen molar-refractivity contribution in [2.45, 2.75) is 31.7 Å². The zero-order valence-electron chi connectivity index (χ0n) is 9.82. The summed E-state index contributed by atoms with van der Waals surface area (Å²) in [5.74, 6) is -1.14. The van der Waals surface area contributed by atoms with Gasteiger partial charge >= 0.3 is 0 Å². The lowest BCUT2D eigenvalue weighted by Gasteiger charge is -2.24. The largest absolute Gasteiger partial charge is 0.508 e. The van der Waals surface area contributed by atoms with Crippen molar-refractivity contribution in [3.63, 3.8) is 0 Å². The highest BCUT2D eigenvalue weighted by Crippen LogP contribution is 2.24. The molecule has 0 saturated heterocycles. The fourth-order valence-corrected chi connectivity index (χ4v) is 2.32. The predicted octanol–water partition coefficient (Wildman–Crippen LogP) is 2.55. The van der Waals surface area contributed by atoms with E-state index in [4.69, 9.17) is 5.11 Å². The standard InChI is InChI=1S/C13H16FNO2/c1-15(9-4-2-3-5-9)13(17)11-7-6-10(16)8-12(11)14/h6-9,16H,2-5H2,1H3. The molecule has 92 valence electrons. The molecule has 0 aliphatic heterocycles. The monoisotopic (exact) mass is 237 g/mol. The summed E-state index contributed by atoms with van der Waals surface area (Å²) in [6.45, 7) is 0. The number of benzene rings is 1. The van der Waals surface area contributed by atoms with Gasteiger partial charge in [0, 0.05) is 19.2 Å². The molecule has 0 spiro atoms. The van der Waals surface area contributed by atoms with Gasteiger partial charge in [-0.3, -0.25) is 4.79 Å². The molecule has 1 aliphatic carbocycles. The van der Waals surface area contributed by atoms with Gasteiger partial charge in [-0.1, -0.05) is 12.8 Å². The van der Waals surface area contributed by atoms with Crippen LogP contribution in [-0.4, -0.2) is 29.0 Å². The Bertz CT molecular complexity index is 427. The van der Waals surface area contributed by atoms with Crippen LogP contribution in [0.4, 0.5) is 4.39 Å². The van der Waals surface area contributed by atoms with Crippen molar-refractivity contribution >= 4 is 5.91 Å². The van der Waals surface area contributed by atoms with Gasteiger partial charge in [-0.05, 0) is 25.0 Å². The van der Waals surface area contributed by atoms with Crippen LogP contribution in [-0.2, 0) is 0 Å². The number of hydrogen-bond donors (Lipinski definition) is 1. The highest BCUT2D eigenvalue weighted by molar-refractivity contribution is 5.94. The average Bonchev–Trinajstić information content (AvgIpc) is 2.80. The number of amides is 1. The number of carbonyl (C=O) groups excluding carboxylic acids is 1. The van der Waals surface area contributed by atoms with Gasteiger partial charge < -0.3 is 10.0 Å². The lowest BCUT2D eigenvalue weighted by molar-refractivity contribution is 0.0730. The number of carbonyl (C=O) groups is 1. The molecule has 1 amide bonds. The summed E-state index contributed by atoms with van der Waals surface area (Å²) in [4.78, 5) is 13.7. The minimum absolute atomic E-state index is 0.0252. The fraction of sp³-hybridized carbons (Fsp3) is 0.462. The third-order valence-corrected chi connectivity index (χ3v) is 3.38. The molecule has 0 unspecified atom stereocenters. The van der Waals surface area contributed by atoms with Crippen LogP contribution in [0.25, 0.3) is 0 Å². The van der Waals surface area contributed by atoms with Gasteiger partial charge in [0.15, 0.2) is 0 Å². The Morgan fingerprint density at radius 1 is 1.41 bits per heavy atom. The molecule has 1 saturated carbocycles. The molecule has 17 heavy (non-hydrogen) atoms. The van der Waals surface area contributed by atoms with E-state index in [0.717, 1.165) is 31.7 Å². The number of rotatable bonds is 2. The van der Waals surface area contributed by atoms with E-state index in [-0.39, 0.29) is 23.3 Å². The van der Waals surface area contributed by atoms with Crippen LogP contribution in [0.2, 0.25) is 0 Å². The number of nitrogens with zero attached hydrogens (tertiary/aromatic N) is 1. The zero-order valence-corrected chi connectivity index (χ0v) is 9.82. The first-order valence-electron chi connectivity index (χ1n) is 5.85. The molecule has 1 aromatic carbocycles. The summed E-state index contributed by atoms with van der Waals surface area (Å²) in [5.41, 5.74) is 0.0252. The minimum Gasteiger partial charge on any atom is -0.508 e. The second-order valence-corrected chi connectivity index (χ2v) is 4.52. The number of halogens is 1. The van der Waals surface area contributed by atoms with Crippen molar-refractivity contribution in [1.82, 2.24) is 4.90 Å². The first kappa shape index (κ1) is 11.9. The Hall–Kier alpha value is -1.58. The van der Waals surface area contributed by atoms with Gasteiger partial charge in [-0.25, -0.2) is 4.39 Å². The third-order valence-electron chi connectivity index (χ3n) is 3.38. The van der Waals surface area contributed by atoms with Gasteiger partial charge in [0.25, 0.3) is 5.91 Å². The van der Waals surface area contributed by atoms with E-state index in [2.05, 4.69) is 0 Å². The molecule has 3 nitrogen and oxygen atoms in total. The van der Waals surface area contributed by atoms with E-state index in [1.165, 1.54) is 12.1 Å². The Morgan fingerprint density at radius 2 is 2.06 bits per heavy atom. The number of phenolic OH excluding ortho intramolecular Hbond substituents is 1. The molecule has 0 heterocycles. The lowest BCUT2D eigenvalue weighted by Crippen LogP contribution is -2.35. The van der Waals surface area contributed by atoms with Crippen LogP contribution < -0.4 is 0 Å². The third kappa shape index (κ3) is 2.40. The Labute approximate surface area is 99.9 Å². The lowest BCUT2D eigenvalue weighted by atomic mass is 10.1. The normalized spacial score (nSPS) is 16.1. The molecule has 1 aliphatic rings. The van der Waals surface area contributed by atoms with Crippen LogP contribution in [0.1, 0.15) is 36.0 Å². The Morgan fingerprint density at radius 3 is 2.65 bits per heavy atom. The van der Waals surface area contributed by atoms with Crippen LogP contribution in [0.5, 0.6) is 5.75 Å². The predicted molar refractivity (Wildman–Crippen MR) is 62.4 cm³/mol. The van der Waals surface area contributed by atoms with E-state index in [9.17, 15) is 9.18 Å². The van der Waals surface area contributed by atoms with Crippen LogP contribution in [0, 0.1) is 5.82 Å². The molecule has 2 rings (SSSR count). The first-order valence-corrected chi connectivity index (χ1v) is 5.85. The average molecular weight is 237 g/mol. The molecule has 0 aromatic heterocycles. The van der Waals surface area contributed by atoms with Gasteiger partial charge in [0.05, 0.1) is 5.56 Å². The van der Waals surface area contributed by atoms with E-state index < -0.39 is 5.82 Å². The molecule has 0 bridgehead atoms. The topological polar surface area (TPSA) is 40.5 Å². The smallest absolute Gasteiger partial charge is 0.256 e. The zero-order chi connectivity index (χ0) is 12.4. The number of hydrogen-bond acceptors (Lipinski definition) is 2. The second-order valence-electron chi connectivity index (χ2n) is 4.52. The summed E-state index contributed by atoms with van der Waals surface area (Å²) in [5, 5.41) is 9.10. The van der Waals surface area contributed by atoms with E-state index in [1.807, 2.05) is 0 Å². The fourth-order valence-electron chi connectivity index (χ4n) is 2.32. The van der Waals surface area contributed by atoms with Gasteiger partial charge in [-0.2, -0.15) is 0 Å². The van der Waals surface area contributed by atoms with Crippen molar-refractivity contribution in [2.24, 2.45) is 0 Å². The maximum atomic E-state index is 13.5. The number of phenols is 1. The van der Waals surface area contributed by atoms with Crippen LogP contribution in [0.15, 0.2) is 18.2 Å². The Kier molecular flexibility index (Phi) is 3.31. The van der Waals surface area contributed by atoms with E-state index in [0.29, 0.717) is 0 Å².